The zero-order valence-electron chi connectivity index (χ0n) is 11.3. The second-order valence-electron chi connectivity index (χ2n) is 4.81. The van der Waals surface area contributed by atoms with E-state index in [1.54, 1.807) is 0 Å². The minimum absolute atomic E-state index is 0.563. The third-order valence-electron chi connectivity index (χ3n) is 2.88. The number of rotatable bonds is 4. The van der Waals surface area contributed by atoms with Gasteiger partial charge in [-0.1, -0.05) is 45.3 Å². The first kappa shape index (κ1) is 16.1. The Labute approximate surface area is 145 Å². The van der Waals surface area contributed by atoms with Gasteiger partial charge in [0.25, 0.3) is 0 Å². The highest BCUT2D eigenvalue weighted by Crippen LogP contribution is 2.35. The Morgan fingerprint density at radius 1 is 0.850 bits per heavy atom. The molecule has 0 fully saturated rings. The third-order valence-corrected chi connectivity index (χ3v) is 4.70. The van der Waals surface area contributed by atoms with E-state index in [1.165, 1.54) is 22.3 Å². The lowest BCUT2D eigenvalue weighted by Gasteiger charge is -2.12. The SMILES string of the molecule is Cc1cc(C)cc(COc2c(Br)cc(CBr)cc2Br)c1. The summed E-state index contributed by atoms with van der Waals surface area (Å²) in [5.41, 5.74) is 4.90. The van der Waals surface area contributed by atoms with Crippen LogP contribution in [0.4, 0.5) is 0 Å². The number of benzene rings is 2. The minimum atomic E-state index is 0.563. The molecule has 0 bridgehead atoms. The molecule has 0 heterocycles. The van der Waals surface area contributed by atoms with Gasteiger partial charge in [-0.3, -0.25) is 0 Å². The van der Waals surface area contributed by atoms with Gasteiger partial charge in [0.05, 0.1) is 8.95 Å². The van der Waals surface area contributed by atoms with Crippen LogP contribution >= 0.6 is 47.8 Å². The topological polar surface area (TPSA) is 9.23 Å². The maximum absolute atomic E-state index is 5.95. The van der Waals surface area contributed by atoms with Crippen LogP contribution in [0.15, 0.2) is 39.3 Å². The fourth-order valence-electron chi connectivity index (χ4n) is 2.14. The number of hydrogen-bond acceptors (Lipinski definition) is 1. The van der Waals surface area contributed by atoms with Crippen LogP contribution in [0.1, 0.15) is 22.3 Å². The Balaban J connectivity index is 2.18. The van der Waals surface area contributed by atoms with Gasteiger partial charge in [-0.2, -0.15) is 0 Å². The van der Waals surface area contributed by atoms with E-state index in [0.29, 0.717) is 6.61 Å². The molecule has 0 aromatic heterocycles. The van der Waals surface area contributed by atoms with Crippen molar-refractivity contribution in [1.29, 1.82) is 0 Å². The smallest absolute Gasteiger partial charge is 0.148 e. The zero-order chi connectivity index (χ0) is 14.7. The highest BCUT2D eigenvalue weighted by atomic mass is 79.9. The molecule has 20 heavy (non-hydrogen) atoms. The molecule has 0 unspecified atom stereocenters. The second-order valence-corrected chi connectivity index (χ2v) is 7.08. The number of alkyl halides is 1. The van der Waals surface area contributed by atoms with Crippen LogP contribution in [0.25, 0.3) is 0 Å². The summed E-state index contributed by atoms with van der Waals surface area (Å²) in [5.74, 6) is 0.842. The first-order chi connectivity index (χ1) is 9.49. The molecule has 4 heteroatoms. The Morgan fingerprint density at radius 3 is 1.90 bits per heavy atom. The number of halogens is 3. The van der Waals surface area contributed by atoms with Crippen LogP contribution in [0.2, 0.25) is 0 Å². The lowest BCUT2D eigenvalue weighted by Crippen LogP contribution is -1.98. The Hall–Kier alpha value is -0.320. The van der Waals surface area contributed by atoms with Crippen LogP contribution in [0.3, 0.4) is 0 Å². The van der Waals surface area contributed by atoms with E-state index in [9.17, 15) is 0 Å². The van der Waals surface area contributed by atoms with E-state index in [1.807, 2.05) is 0 Å². The molecular formula is C16H15Br3O. The number of hydrogen-bond donors (Lipinski definition) is 0. The first-order valence-corrected chi connectivity index (χ1v) is 8.94. The van der Waals surface area contributed by atoms with E-state index in [2.05, 4.69) is 92.0 Å². The largest absolute Gasteiger partial charge is 0.487 e. The molecule has 2 aromatic carbocycles. The van der Waals surface area contributed by atoms with Crippen molar-refractivity contribution in [2.24, 2.45) is 0 Å². The van der Waals surface area contributed by atoms with Gasteiger partial charge in [0, 0.05) is 5.33 Å². The number of aryl methyl sites for hydroxylation is 2. The monoisotopic (exact) mass is 460 g/mol. The molecule has 0 aliphatic carbocycles. The Bertz CT molecular complexity index is 580. The van der Waals surface area contributed by atoms with Crippen LogP contribution in [0, 0.1) is 13.8 Å². The van der Waals surface area contributed by atoms with Crippen molar-refractivity contribution in [2.75, 3.05) is 0 Å². The molecule has 0 amide bonds. The molecule has 0 atom stereocenters. The summed E-state index contributed by atoms with van der Waals surface area (Å²) in [7, 11) is 0. The average Bonchev–Trinajstić information content (AvgIpc) is 2.36. The predicted octanol–water partition coefficient (Wildman–Crippen LogP) is 6.30. The summed E-state index contributed by atoms with van der Waals surface area (Å²) in [6.45, 7) is 4.77. The van der Waals surface area contributed by atoms with E-state index in [0.717, 1.165) is 20.0 Å². The van der Waals surface area contributed by atoms with Crippen molar-refractivity contribution in [3.63, 3.8) is 0 Å². The van der Waals surface area contributed by atoms with Gasteiger partial charge in [-0.05, 0) is 69.0 Å². The van der Waals surface area contributed by atoms with Crippen LogP contribution in [-0.4, -0.2) is 0 Å². The average molecular weight is 463 g/mol. The molecule has 0 saturated carbocycles. The summed E-state index contributed by atoms with van der Waals surface area (Å²) in [4.78, 5) is 0. The van der Waals surface area contributed by atoms with Gasteiger partial charge in [-0.25, -0.2) is 0 Å². The summed E-state index contributed by atoms with van der Waals surface area (Å²) in [5, 5.41) is 0.821. The van der Waals surface area contributed by atoms with E-state index in [-0.39, 0.29) is 0 Å². The highest BCUT2D eigenvalue weighted by Gasteiger charge is 2.09. The van der Waals surface area contributed by atoms with Gasteiger partial charge in [0.1, 0.15) is 12.4 Å². The normalized spacial score (nSPS) is 10.7. The maximum Gasteiger partial charge on any atom is 0.148 e. The van der Waals surface area contributed by atoms with Crippen molar-refractivity contribution >= 4 is 47.8 Å². The van der Waals surface area contributed by atoms with Crippen molar-refractivity contribution in [3.8, 4) is 5.75 Å². The summed E-state index contributed by atoms with van der Waals surface area (Å²) in [6.07, 6.45) is 0. The van der Waals surface area contributed by atoms with Crippen LogP contribution in [0.5, 0.6) is 5.75 Å². The Morgan fingerprint density at radius 2 is 1.40 bits per heavy atom. The fourth-order valence-corrected chi connectivity index (χ4v) is 3.97. The molecular weight excluding hydrogens is 448 g/mol. The van der Waals surface area contributed by atoms with Gasteiger partial charge in [-0.15, -0.1) is 0 Å². The molecule has 2 rings (SSSR count). The summed E-state index contributed by atoms with van der Waals surface area (Å²) in [6, 6.07) is 10.6. The van der Waals surface area contributed by atoms with E-state index in [4.69, 9.17) is 4.74 Å². The molecule has 106 valence electrons. The minimum Gasteiger partial charge on any atom is -0.487 e. The van der Waals surface area contributed by atoms with Crippen molar-refractivity contribution in [3.05, 3.63) is 61.5 Å². The predicted molar refractivity (Wildman–Crippen MR) is 94.7 cm³/mol. The molecule has 0 saturated heterocycles. The zero-order valence-corrected chi connectivity index (χ0v) is 16.1. The quantitative estimate of drug-likeness (QED) is 0.484. The van der Waals surface area contributed by atoms with E-state index < -0.39 is 0 Å². The number of ether oxygens (including phenoxy) is 1. The Kier molecular flexibility index (Phi) is 5.70. The van der Waals surface area contributed by atoms with Gasteiger partial charge >= 0.3 is 0 Å². The van der Waals surface area contributed by atoms with Gasteiger partial charge in [0.2, 0.25) is 0 Å². The summed E-state index contributed by atoms with van der Waals surface area (Å²) < 4.78 is 7.88. The van der Waals surface area contributed by atoms with Gasteiger partial charge < -0.3 is 4.74 Å². The molecule has 0 aliphatic rings. The van der Waals surface area contributed by atoms with Crippen LogP contribution < -0.4 is 4.74 Å². The van der Waals surface area contributed by atoms with E-state index >= 15 is 0 Å². The molecule has 0 aliphatic heterocycles. The maximum atomic E-state index is 5.95. The third kappa shape index (κ3) is 4.09. The van der Waals surface area contributed by atoms with Gasteiger partial charge in [0.15, 0.2) is 0 Å². The second kappa shape index (κ2) is 7.10. The standard InChI is InChI=1S/C16H15Br3O/c1-10-3-11(2)5-13(4-10)9-20-16-14(18)6-12(8-17)7-15(16)19/h3-7H,8-9H2,1-2H3. The fraction of sp³-hybridized carbons (Fsp3) is 0.250. The lowest BCUT2D eigenvalue weighted by molar-refractivity contribution is 0.302. The molecule has 0 radical (unpaired) electrons. The first-order valence-electron chi connectivity index (χ1n) is 6.23. The molecule has 0 N–H and O–H groups in total. The molecule has 0 spiro atoms. The van der Waals surface area contributed by atoms with Crippen molar-refractivity contribution < 1.29 is 4.74 Å². The molecule has 2 aromatic rings. The van der Waals surface area contributed by atoms with Crippen molar-refractivity contribution in [1.82, 2.24) is 0 Å². The van der Waals surface area contributed by atoms with Crippen molar-refractivity contribution in [2.45, 2.75) is 25.8 Å². The summed E-state index contributed by atoms with van der Waals surface area (Å²) >= 11 is 10.6. The lowest BCUT2D eigenvalue weighted by atomic mass is 10.1. The van der Waals surface area contributed by atoms with Crippen LogP contribution in [-0.2, 0) is 11.9 Å². The molecule has 1 nitrogen and oxygen atoms in total. The highest BCUT2D eigenvalue weighted by molar-refractivity contribution is 9.11.